The van der Waals surface area contributed by atoms with E-state index in [1.807, 2.05) is 0 Å². The van der Waals surface area contributed by atoms with Crippen LogP contribution < -0.4 is 16.0 Å². The third-order valence-corrected chi connectivity index (χ3v) is 1.23. The Balaban J connectivity index is 3.31. The van der Waals surface area contributed by atoms with E-state index < -0.39 is 0 Å². The molecule has 0 aromatic rings. The lowest BCUT2D eigenvalue weighted by molar-refractivity contribution is -0.128. The molecule has 0 saturated carbocycles. The standard InChI is InChI=1S/C7H13N3O4/c1-8-7(13)3-14-5-10-6(12)2-9-4-11/h4H,2-3,5H2,1H3,(H,8,13)(H,9,11)(H,10,12). The predicted octanol–water partition coefficient (Wildman–Crippen LogP) is -2.43. The van der Waals surface area contributed by atoms with Gasteiger partial charge in [0.15, 0.2) is 0 Å². The first kappa shape index (κ1) is 12.4. The molecule has 0 radical (unpaired) electrons. The molecule has 3 N–H and O–H groups in total. The molecule has 0 unspecified atom stereocenters. The van der Waals surface area contributed by atoms with Crippen molar-refractivity contribution in [1.29, 1.82) is 0 Å². The Morgan fingerprint density at radius 1 is 1.36 bits per heavy atom. The van der Waals surface area contributed by atoms with Crippen molar-refractivity contribution in [1.82, 2.24) is 16.0 Å². The highest BCUT2D eigenvalue weighted by molar-refractivity contribution is 5.79. The van der Waals surface area contributed by atoms with Gasteiger partial charge in [0, 0.05) is 7.05 Å². The maximum absolute atomic E-state index is 10.8. The van der Waals surface area contributed by atoms with E-state index >= 15 is 0 Å². The molecule has 0 aliphatic carbocycles. The fourth-order valence-corrected chi connectivity index (χ4v) is 0.544. The first-order valence-electron chi connectivity index (χ1n) is 3.92. The molecule has 80 valence electrons. The van der Waals surface area contributed by atoms with Gasteiger partial charge in [-0.05, 0) is 0 Å². The number of likely N-dealkylation sites (N-methyl/N-ethyl adjacent to an activating group) is 1. The van der Waals surface area contributed by atoms with Crippen molar-refractivity contribution in [3.8, 4) is 0 Å². The third-order valence-electron chi connectivity index (χ3n) is 1.23. The van der Waals surface area contributed by atoms with E-state index in [1.54, 1.807) is 0 Å². The second-order valence-corrected chi connectivity index (χ2v) is 2.26. The molecule has 0 rings (SSSR count). The molecule has 0 fully saturated rings. The number of carbonyl (C=O) groups is 3. The highest BCUT2D eigenvalue weighted by Crippen LogP contribution is 1.71. The van der Waals surface area contributed by atoms with Crippen molar-refractivity contribution in [3.05, 3.63) is 0 Å². The van der Waals surface area contributed by atoms with E-state index in [0.29, 0.717) is 6.41 Å². The molecule has 0 bridgehead atoms. The van der Waals surface area contributed by atoms with Gasteiger partial charge in [0.25, 0.3) is 0 Å². The van der Waals surface area contributed by atoms with Crippen molar-refractivity contribution >= 4 is 18.2 Å². The topological polar surface area (TPSA) is 96.5 Å². The molecule has 0 aromatic carbocycles. The second kappa shape index (κ2) is 7.99. The SMILES string of the molecule is CNC(=O)COCNC(=O)CNC=O. The van der Waals surface area contributed by atoms with Crippen LogP contribution in [-0.2, 0) is 19.1 Å². The Kier molecular flexibility index (Phi) is 7.06. The molecule has 0 aliphatic heterocycles. The normalized spacial score (nSPS) is 8.93. The molecule has 7 nitrogen and oxygen atoms in total. The first-order chi connectivity index (χ1) is 6.70. The van der Waals surface area contributed by atoms with Gasteiger partial charge < -0.3 is 20.7 Å². The summed E-state index contributed by atoms with van der Waals surface area (Å²) in [5.74, 6) is -0.653. The van der Waals surface area contributed by atoms with Gasteiger partial charge >= 0.3 is 0 Å². The Hall–Kier alpha value is -1.63. The molecular formula is C7H13N3O4. The van der Waals surface area contributed by atoms with Gasteiger partial charge in [-0.1, -0.05) is 0 Å². The van der Waals surface area contributed by atoms with Crippen LogP contribution in [0.25, 0.3) is 0 Å². The Morgan fingerprint density at radius 2 is 2.07 bits per heavy atom. The molecule has 0 spiro atoms. The van der Waals surface area contributed by atoms with Gasteiger partial charge in [-0.2, -0.15) is 0 Å². The van der Waals surface area contributed by atoms with Crippen LogP contribution in [0.15, 0.2) is 0 Å². The summed E-state index contributed by atoms with van der Waals surface area (Å²) in [5, 5.41) is 6.87. The van der Waals surface area contributed by atoms with E-state index in [9.17, 15) is 14.4 Å². The highest BCUT2D eigenvalue weighted by Gasteiger charge is 2.00. The summed E-state index contributed by atoms with van der Waals surface area (Å²) in [6, 6.07) is 0. The average molecular weight is 203 g/mol. The van der Waals surface area contributed by atoms with Crippen molar-refractivity contribution < 1.29 is 19.1 Å². The molecule has 0 aliphatic rings. The number of rotatable bonds is 7. The van der Waals surface area contributed by atoms with Crippen LogP contribution in [0.3, 0.4) is 0 Å². The van der Waals surface area contributed by atoms with Crippen LogP contribution in [0.4, 0.5) is 0 Å². The van der Waals surface area contributed by atoms with E-state index in [1.165, 1.54) is 7.05 Å². The lowest BCUT2D eigenvalue weighted by Crippen LogP contribution is -2.35. The molecule has 0 atom stereocenters. The van der Waals surface area contributed by atoms with Crippen molar-refractivity contribution in [2.45, 2.75) is 0 Å². The quantitative estimate of drug-likeness (QED) is 0.243. The molecule has 0 aromatic heterocycles. The summed E-state index contributed by atoms with van der Waals surface area (Å²) >= 11 is 0. The van der Waals surface area contributed by atoms with Gasteiger partial charge in [0.05, 0.1) is 6.54 Å². The van der Waals surface area contributed by atoms with Crippen LogP contribution in [0, 0.1) is 0 Å². The minimum atomic E-state index is -0.381. The van der Waals surface area contributed by atoms with Gasteiger partial charge in [-0.15, -0.1) is 0 Å². The Morgan fingerprint density at radius 3 is 2.64 bits per heavy atom. The number of nitrogens with one attached hydrogen (secondary N) is 3. The minimum Gasteiger partial charge on any atom is -0.357 e. The van der Waals surface area contributed by atoms with Gasteiger partial charge in [-0.3, -0.25) is 14.4 Å². The zero-order valence-corrected chi connectivity index (χ0v) is 7.83. The van der Waals surface area contributed by atoms with Gasteiger partial charge in [0.2, 0.25) is 18.2 Å². The van der Waals surface area contributed by atoms with E-state index in [0.717, 1.165) is 0 Å². The molecular weight excluding hydrogens is 190 g/mol. The smallest absolute Gasteiger partial charge is 0.245 e. The van der Waals surface area contributed by atoms with Crippen molar-refractivity contribution in [2.75, 3.05) is 26.9 Å². The molecule has 0 heterocycles. The van der Waals surface area contributed by atoms with E-state index in [4.69, 9.17) is 4.74 Å². The summed E-state index contributed by atoms with van der Waals surface area (Å²) < 4.78 is 4.78. The fourth-order valence-electron chi connectivity index (χ4n) is 0.544. The number of amides is 3. The van der Waals surface area contributed by atoms with Gasteiger partial charge in [0.1, 0.15) is 13.3 Å². The molecule has 0 saturated heterocycles. The maximum Gasteiger partial charge on any atom is 0.245 e. The summed E-state index contributed by atoms with van der Waals surface area (Å²) in [6.45, 7) is -0.280. The summed E-state index contributed by atoms with van der Waals surface area (Å²) in [5.41, 5.74) is 0. The van der Waals surface area contributed by atoms with E-state index in [2.05, 4.69) is 16.0 Å². The largest absolute Gasteiger partial charge is 0.357 e. The van der Waals surface area contributed by atoms with Crippen LogP contribution >= 0.6 is 0 Å². The second-order valence-electron chi connectivity index (χ2n) is 2.26. The fraction of sp³-hybridized carbons (Fsp3) is 0.571. The van der Waals surface area contributed by atoms with Crippen LogP contribution in [0.2, 0.25) is 0 Å². The summed E-state index contributed by atoms with van der Waals surface area (Å²) in [7, 11) is 1.48. The Labute approximate surface area is 81.2 Å². The molecule has 3 amide bonds. The lowest BCUT2D eigenvalue weighted by atomic mass is 10.6. The predicted molar refractivity (Wildman–Crippen MR) is 47.1 cm³/mol. The molecule has 14 heavy (non-hydrogen) atoms. The first-order valence-corrected chi connectivity index (χ1v) is 3.92. The minimum absolute atomic E-state index is 0.0627. The molecule has 7 heteroatoms. The zero-order chi connectivity index (χ0) is 10.8. The zero-order valence-electron chi connectivity index (χ0n) is 7.83. The third kappa shape index (κ3) is 7.04. The number of carbonyl (C=O) groups excluding carboxylic acids is 3. The van der Waals surface area contributed by atoms with Crippen LogP contribution in [0.1, 0.15) is 0 Å². The van der Waals surface area contributed by atoms with Crippen molar-refractivity contribution in [2.24, 2.45) is 0 Å². The Bertz CT molecular complexity index is 207. The highest BCUT2D eigenvalue weighted by atomic mass is 16.5. The summed E-state index contributed by atoms with van der Waals surface area (Å²) in [4.78, 5) is 31.2. The lowest BCUT2D eigenvalue weighted by Gasteiger charge is -2.05. The number of hydrogen-bond donors (Lipinski definition) is 3. The van der Waals surface area contributed by atoms with Crippen LogP contribution in [-0.4, -0.2) is 45.2 Å². The average Bonchev–Trinajstić information content (AvgIpc) is 2.21. The van der Waals surface area contributed by atoms with E-state index in [-0.39, 0.29) is 31.7 Å². The van der Waals surface area contributed by atoms with Crippen molar-refractivity contribution in [3.63, 3.8) is 0 Å². The number of hydrogen-bond acceptors (Lipinski definition) is 4. The van der Waals surface area contributed by atoms with Crippen LogP contribution in [0.5, 0.6) is 0 Å². The number of ether oxygens (including phenoxy) is 1. The summed E-state index contributed by atoms with van der Waals surface area (Å²) in [6.07, 6.45) is 0.422. The maximum atomic E-state index is 10.8. The van der Waals surface area contributed by atoms with Gasteiger partial charge in [-0.25, -0.2) is 0 Å². The monoisotopic (exact) mass is 203 g/mol.